The number of nitriles is 1. The zero-order chi connectivity index (χ0) is 11.4. The molecule has 4 heteroatoms. The largest absolute Gasteiger partial charge is 0.396 e. The van der Waals surface area contributed by atoms with E-state index in [-0.39, 0.29) is 0 Å². The molecule has 84 valence electrons. The van der Waals surface area contributed by atoms with Crippen LogP contribution in [0.25, 0.3) is 0 Å². The lowest BCUT2D eigenvalue weighted by atomic mass is 9.95. The maximum Gasteiger partial charge on any atom is 0.149 e. The molecular formula is C12H16N4. The second kappa shape index (κ2) is 4.84. The lowest BCUT2D eigenvalue weighted by Crippen LogP contribution is -2.23. The molecule has 0 atom stereocenters. The Morgan fingerprint density at radius 2 is 2.12 bits per heavy atom. The van der Waals surface area contributed by atoms with Crippen molar-refractivity contribution in [2.75, 3.05) is 11.1 Å². The van der Waals surface area contributed by atoms with Gasteiger partial charge in [-0.25, -0.2) is 4.98 Å². The Balaban J connectivity index is 2.06. The molecular weight excluding hydrogens is 200 g/mol. The van der Waals surface area contributed by atoms with Crippen molar-refractivity contribution in [3.8, 4) is 6.07 Å². The number of anilines is 2. The van der Waals surface area contributed by atoms with Crippen molar-refractivity contribution >= 4 is 11.5 Å². The van der Waals surface area contributed by atoms with Crippen LogP contribution in [-0.2, 0) is 0 Å². The Labute approximate surface area is 95.5 Å². The second-order valence-corrected chi connectivity index (χ2v) is 4.25. The third kappa shape index (κ3) is 2.43. The van der Waals surface area contributed by atoms with Crippen LogP contribution in [0.3, 0.4) is 0 Å². The van der Waals surface area contributed by atoms with Gasteiger partial charge in [-0.3, -0.25) is 0 Å². The molecule has 0 bridgehead atoms. The van der Waals surface area contributed by atoms with Crippen LogP contribution >= 0.6 is 0 Å². The third-order valence-corrected chi connectivity index (χ3v) is 2.99. The topological polar surface area (TPSA) is 74.7 Å². The summed E-state index contributed by atoms with van der Waals surface area (Å²) in [5, 5.41) is 12.1. The van der Waals surface area contributed by atoms with Gasteiger partial charge in [0.15, 0.2) is 0 Å². The molecule has 3 N–H and O–H groups in total. The molecule has 0 amide bonds. The van der Waals surface area contributed by atoms with Crippen molar-refractivity contribution < 1.29 is 0 Å². The van der Waals surface area contributed by atoms with E-state index in [2.05, 4.69) is 10.3 Å². The summed E-state index contributed by atoms with van der Waals surface area (Å²) in [6.45, 7) is 0. The number of hydrogen-bond donors (Lipinski definition) is 2. The summed E-state index contributed by atoms with van der Waals surface area (Å²) in [5.41, 5.74) is 6.90. The maximum absolute atomic E-state index is 8.71. The van der Waals surface area contributed by atoms with Gasteiger partial charge < -0.3 is 11.1 Å². The van der Waals surface area contributed by atoms with Crippen LogP contribution < -0.4 is 11.1 Å². The highest BCUT2D eigenvalue weighted by Gasteiger charge is 2.14. The van der Waals surface area contributed by atoms with Crippen molar-refractivity contribution in [2.24, 2.45) is 0 Å². The zero-order valence-corrected chi connectivity index (χ0v) is 9.24. The first-order chi connectivity index (χ1) is 7.79. The number of rotatable bonds is 2. The predicted octanol–water partition coefficient (Wildman–Crippen LogP) is 2.28. The van der Waals surface area contributed by atoms with Gasteiger partial charge in [-0.05, 0) is 18.9 Å². The Morgan fingerprint density at radius 1 is 1.38 bits per heavy atom. The van der Waals surface area contributed by atoms with Gasteiger partial charge in [-0.2, -0.15) is 5.26 Å². The van der Waals surface area contributed by atoms with Gasteiger partial charge in [-0.15, -0.1) is 0 Å². The minimum absolute atomic E-state index is 0.483. The van der Waals surface area contributed by atoms with Gasteiger partial charge in [0.05, 0.1) is 11.3 Å². The molecule has 1 aromatic rings. The molecule has 1 aromatic heterocycles. The molecule has 0 radical (unpaired) electrons. The standard InChI is InChI=1S/C12H16N4/c13-7-9-6-11(14)12(15-8-9)16-10-4-2-1-3-5-10/h6,8,10H,1-5,14H2,(H,15,16). The van der Waals surface area contributed by atoms with E-state index < -0.39 is 0 Å². The molecule has 0 unspecified atom stereocenters. The third-order valence-electron chi connectivity index (χ3n) is 2.99. The average Bonchev–Trinajstić information content (AvgIpc) is 2.33. The van der Waals surface area contributed by atoms with E-state index in [1.807, 2.05) is 6.07 Å². The molecule has 1 aliphatic rings. The van der Waals surface area contributed by atoms with Gasteiger partial charge in [-0.1, -0.05) is 19.3 Å². The molecule has 4 nitrogen and oxygen atoms in total. The van der Waals surface area contributed by atoms with Crippen molar-refractivity contribution in [2.45, 2.75) is 38.1 Å². The van der Waals surface area contributed by atoms with Crippen LogP contribution in [-0.4, -0.2) is 11.0 Å². The summed E-state index contributed by atoms with van der Waals surface area (Å²) in [6.07, 6.45) is 7.79. The van der Waals surface area contributed by atoms with Crippen LogP contribution in [0.5, 0.6) is 0 Å². The molecule has 16 heavy (non-hydrogen) atoms. The van der Waals surface area contributed by atoms with E-state index in [4.69, 9.17) is 11.0 Å². The monoisotopic (exact) mass is 216 g/mol. The fourth-order valence-corrected chi connectivity index (χ4v) is 2.10. The second-order valence-electron chi connectivity index (χ2n) is 4.25. The number of aromatic nitrogens is 1. The number of nitrogen functional groups attached to an aromatic ring is 1. The van der Waals surface area contributed by atoms with Crippen LogP contribution in [0.1, 0.15) is 37.7 Å². The molecule has 1 fully saturated rings. The molecule has 1 heterocycles. The zero-order valence-electron chi connectivity index (χ0n) is 9.24. The molecule has 0 saturated heterocycles. The number of nitrogens with two attached hydrogens (primary N) is 1. The predicted molar refractivity (Wildman–Crippen MR) is 63.9 cm³/mol. The minimum atomic E-state index is 0.483. The van der Waals surface area contributed by atoms with Crippen LogP contribution in [0.2, 0.25) is 0 Å². The number of hydrogen-bond acceptors (Lipinski definition) is 4. The molecule has 0 spiro atoms. The summed E-state index contributed by atoms with van der Waals surface area (Å²) in [5.74, 6) is 0.714. The van der Waals surface area contributed by atoms with Crippen LogP contribution in [0, 0.1) is 11.3 Å². The lowest BCUT2D eigenvalue weighted by molar-refractivity contribution is 0.462. The first-order valence-electron chi connectivity index (χ1n) is 5.72. The fraction of sp³-hybridized carbons (Fsp3) is 0.500. The van der Waals surface area contributed by atoms with Crippen LogP contribution in [0.4, 0.5) is 11.5 Å². The maximum atomic E-state index is 8.71. The van der Waals surface area contributed by atoms with E-state index in [9.17, 15) is 0 Å². The first-order valence-corrected chi connectivity index (χ1v) is 5.72. The smallest absolute Gasteiger partial charge is 0.149 e. The Kier molecular flexibility index (Phi) is 3.25. The normalized spacial score (nSPS) is 16.7. The van der Waals surface area contributed by atoms with E-state index in [1.54, 1.807) is 12.3 Å². The van der Waals surface area contributed by atoms with Gasteiger partial charge in [0.25, 0.3) is 0 Å². The lowest BCUT2D eigenvalue weighted by Gasteiger charge is -2.23. The van der Waals surface area contributed by atoms with Gasteiger partial charge in [0.1, 0.15) is 11.9 Å². The van der Waals surface area contributed by atoms with Crippen molar-refractivity contribution in [1.29, 1.82) is 5.26 Å². The molecule has 0 aromatic carbocycles. The Morgan fingerprint density at radius 3 is 2.75 bits per heavy atom. The van der Waals surface area contributed by atoms with Crippen molar-refractivity contribution in [3.05, 3.63) is 17.8 Å². The van der Waals surface area contributed by atoms with Crippen LogP contribution in [0.15, 0.2) is 12.3 Å². The molecule has 1 aliphatic carbocycles. The van der Waals surface area contributed by atoms with Crippen molar-refractivity contribution in [3.63, 3.8) is 0 Å². The van der Waals surface area contributed by atoms with E-state index in [1.165, 1.54) is 32.1 Å². The highest BCUT2D eigenvalue weighted by atomic mass is 15.0. The first kappa shape index (κ1) is 10.7. The summed E-state index contributed by atoms with van der Waals surface area (Å²) < 4.78 is 0. The highest BCUT2D eigenvalue weighted by molar-refractivity contribution is 5.63. The molecule has 1 saturated carbocycles. The summed E-state index contributed by atoms with van der Waals surface area (Å²) in [6, 6.07) is 4.18. The van der Waals surface area contributed by atoms with Gasteiger partial charge >= 0.3 is 0 Å². The molecule has 2 rings (SSSR count). The number of pyridine rings is 1. The van der Waals surface area contributed by atoms with Gasteiger partial charge in [0.2, 0.25) is 0 Å². The number of nitrogens with zero attached hydrogens (tertiary/aromatic N) is 2. The van der Waals surface area contributed by atoms with Gasteiger partial charge in [0, 0.05) is 12.2 Å². The van der Waals surface area contributed by atoms with E-state index in [0.29, 0.717) is 23.1 Å². The molecule has 0 aliphatic heterocycles. The number of nitrogens with one attached hydrogen (secondary N) is 1. The summed E-state index contributed by atoms with van der Waals surface area (Å²) >= 11 is 0. The SMILES string of the molecule is N#Cc1cnc(NC2CCCCC2)c(N)c1. The summed E-state index contributed by atoms with van der Waals surface area (Å²) in [7, 11) is 0. The Hall–Kier alpha value is -1.76. The highest BCUT2D eigenvalue weighted by Crippen LogP contribution is 2.23. The minimum Gasteiger partial charge on any atom is -0.396 e. The quantitative estimate of drug-likeness (QED) is 0.795. The average molecular weight is 216 g/mol. The van der Waals surface area contributed by atoms with E-state index in [0.717, 1.165) is 0 Å². The fourth-order valence-electron chi connectivity index (χ4n) is 2.10. The summed E-state index contributed by atoms with van der Waals surface area (Å²) in [4.78, 5) is 4.18. The van der Waals surface area contributed by atoms with E-state index >= 15 is 0 Å². The van der Waals surface area contributed by atoms with Crippen molar-refractivity contribution in [1.82, 2.24) is 4.98 Å². The Bertz CT molecular complexity index is 402.